The molecular formula is C17H20N4O5. The minimum absolute atomic E-state index is 0.0598. The third-order valence-corrected chi connectivity index (χ3v) is 3.50. The Balaban J connectivity index is 2.13. The van der Waals surface area contributed by atoms with Gasteiger partial charge in [-0.25, -0.2) is 0 Å². The molecule has 1 aromatic rings. The summed E-state index contributed by atoms with van der Waals surface area (Å²) in [5, 5.41) is 10.5. The molecule has 1 aliphatic heterocycles. The summed E-state index contributed by atoms with van der Waals surface area (Å²) in [6.45, 7) is 1.56. The summed E-state index contributed by atoms with van der Waals surface area (Å²) >= 11 is 0. The van der Waals surface area contributed by atoms with Gasteiger partial charge in [-0.05, 0) is 12.5 Å². The molecular weight excluding hydrogens is 340 g/mol. The van der Waals surface area contributed by atoms with E-state index in [-0.39, 0.29) is 25.4 Å². The summed E-state index contributed by atoms with van der Waals surface area (Å²) in [6, 6.07) is 9.24. The number of benzene rings is 1. The molecule has 0 bridgehead atoms. The Kier molecular flexibility index (Phi) is 6.84. The smallest absolute Gasteiger partial charge is 0.325 e. The topological polar surface area (TPSA) is 110 Å². The molecule has 0 spiro atoms. The van der Waals surface area contributed by atoms with Gasteiger partial charge in [0.2, 0.25) is 5.84 Å². The summed E-state index contributed by atoms with van der Waals surface area (Å²) < 4.78 is 9.48. The van der Waals surface area contributed by atoms with E-state index in [0.717, 1.165) is 5.56 Å². The van der Waals surface area contributed by atoms with Gasteiger partial charge in [0, 0.05) is 0 Å². The average Bonchev–Trinajstić information content (AvgIpc) is 2.91. The zero-order valence-corrected chi connectivity index (χ0v) is 14.5. The molecule has 138 valence electrons. The van der Waals surface area contributed by atoms with E-state index in [1.165, 1.54) is 18.2 Å². The van der Waals surface area contributed by atoms with E-state index in [1.807, 2.05) is 30.3 Å². The number of hydrogen-bond acceptors (Lipinski definition) is 7. The summed E-state index contributed by atoms with van der Waals surface area (Å²) in [5.41, 5.74) is 0.816. The molecule has 26 heavy (non-hydrogen) atoms. The predicted molar refractivity (Wildman–Crippen MR) is 93.4 cm³/mol. The molecule has 1 saturated heterocycles. The maximum Gasteiger partial charge on any atom is 0.325 e. The number of nitrogens with one attached hydrogen (secondary N) is 1. The quantitative estimate of drug-likeness (QED) is 0.426. The number of amidine groups is 1. The third kappa shape index (κ3) is 5.13. The molecule has 1 fully saturated rings. The van der Waals surface area contributed by atoms with E-state index in [9.17, 15) is 14.4 Å². The summed E-state index contributed by atoms with van der Waals surface area (Å²) in [7, 11) is 1.24. The lowest BCUT2D eigenvalue weighted by atomic mass is 10.2. The number of ether oxygens (including phenoxy) is 2. The highest BCUT2D eigenvalue weighted by Crippen LogP contribution is 2.12. The van der Waals surface area contributed by atoms with Gasteiger partial charge in [-0.3, -0.25) is 14.4 Å². The number of hydrogen-bond donors (Lipinski definition) is 1. The first-order valence-corrected chi connectivity index (χ1v) is 8.01. The van der Waals surface area contributed by atoms with E-state index in [4.69, 9.17) is 4.74 Å². The molecule has 0 aliphatic carbocycles. The Hall–Kier alpha value is -3.23. The van der Waals surface area contributed by atoms with Crippen LogP contribution >= 0.6 is 0 Å². The first-order chi connectivity index (χ1) is 12.5. The number of rotatable bonds is 7. The molecule has 9 nitrogen and oxygen atoms in total. The van der Waals surface area contributed by atoms with Crippen molar-refractivity contribution >= 4 is 29.9 Å². The van der Waals surface area contributed by atoms with Crippen molar-refractivity contribution < 1.29 is 23.9 Å². The van der Waals surface area contributed by atoms with Gasteiger partial charge in [-0.15, -0.1) is 5.10 Å². The maximum atomic E-state index is 12.5. The van der Waals surface area contributed by atoms with Crippen LogP contribution in [0.15, 0.2) is 40.5 Å². The molecule has 1 N–H and O–H groups in total. The summed E-state index contributed by atoms with van der Waals surface area (Å²) in [6.07, 6.45) is 0.596. The molecule has 0 radical (unpaired) electrons. The Labute approximate surface area is 150 Å². The lowest BCUT2D eigenvalue weighted by Gasteiger charge is -2.21. The van der Waals surface area contributed by atoms with Crippen LogP contribution < -0.4 is 5.32 Å². The monoisotopic (exact) mass is 360 g/mol. The van der Waals surface area contributed by atoms with Gasteiger partial charge in [0.15, 0.2) is 0 Å². The molecule has 1 aliphatic rings. The molecule has 0 saturated carbocycles. The molecule has 2 rings (SSSR count). The van der Waals surface area contributed by atoms with Crippen LogP contribution in [0.5, 0.6) is 0 Å². The highest BCUT2D eigenvalue weighted by Gasteiger charge is 2.39. The minimum Gasteiger partial charge on any atom is -0.469 e. The molecule has 1 atom stereocenters. The van der Waals surface area contributed by atoms with Gasteiger partial charge >= 0.3 is 11.9 Å². The van der Waals surface area contributed by atoms with Crippen LogP contribution in [0.25, 0.3) is 0 Å². The molecule has 9 heteroatoms. The Morgan fingerprint density at radius 3 is 2.65 bits per heavy atom. The van der Waals surface area contributed by atoms with Crippen molar-refractivity contribution in [1.82, 2.24) is 10.2 Å². The number of nitrogens with zero attached hydrogens (tertiary/aromatic N) is 3. The van der Waals surface area contributed by atoms with Gasteiger partial charge < -0.3 is 19.7 Å². The Bertz CT molecular complexity index is 717. The Morgan fingerprint density at radius 2 is 2.00 bits per heavy atom. The lowest BCUT2D eigenvalue weighted by Crippen LogP contribution is -2.42. The highest BCUT2D eigenvalue weighted by atomic mass is 16.5. The number of carbonyl (C=O) groups is 3. The van der Waals surface area contributed by atoms with Crippen molar-refractivity contribution in [2.75, 3.05) is 20.3 Å². The Morgan fingerprint density at radius 1 is 1.27 bits per heavy atom. The lowest BCUT2D eigenvalue weighted by molar-refractivity contribution is -0.150. The number of methoxy groups -OCH3 is 1. The number of amides is 1. The highest BCUT2D eigenvalue weighted by molar-refractivity contribution is 6.39. The fraction of sp³-hybridized carbons (Fsp3) is 0.353. The fourth-order valence-corrected chi connectivity index (χ4v) is 2.27. The van der Waals surface area contributed by atoms with Crippen LogP contribution in [0.1, 0.15) is 18.9 Å². The third-order valence-electron chi connectivity index (χ3n) is 3.50. The van der Waals surface area contributed by atoms with Gasteiger partial charge in [-0.2, -0.15) is 5.10 Å². The van der Waals surface area contributed by atoms with E-state index in [2.05, 4.69) is 20.3 Å². The molecule has 1 unspecified atom stereocenters. The summed E-state index contributed by atoms with van der Waals surface area (Å²) in [4.78, 5) is 36.9. The van der Waals surface area contributed by atoms with Crippen molar-refractivity contribution in [1.29, 1.82) is 0 Å². The zero-order chi connectivity index (χ0) is 18.9. The zero-order valence-electron chi connectivity index (χ0n) is 14.5. The van der Waals surface area contributed by atoms with E-state index >= 15 is 0 Å². The van der Waals surface area contributed by atoms with Crippen molar-refractivity contribution in [2.24, 2.45) is 10.2 Å². The van der Waals surface area contributed by atoms with E-state index in [1.54, 1.807) is 6.92 Å². The van der Waals surface area contributed by atoms with Crippen molar-refractivity contribution in [3.63, 3.8) is 0 Å². The largest absolute Gasteiger partial charge is 0.469 e. The van der Waals surface area contributed by atoms with E-state index < -0.39 is 24.0 Å². The molecule has 1 heterocycles. The summed E-state index contributed by atoms with van der Waals surface area (Å²) in [5.74, 6) is -1.71. The normalized spacial score (nSPS) is 18.2. The maximum absolute atomic E-state index is 12.5. The second kappa shape index (κ2) is 9.30. The van der Waals surface area contributed by atoms with Gasteiger partial charge in [0.25, 0.3) is 5.91 Å². The van der Waals surface area contributed by atoms with Crippen LogP contribution in [0.2, 0.25) is 0 Å². The first-order valence-electron chi connectivity index (χ1n) is 8.01. The van der Waals surface area contributed by atoms with Crippen LogP contribution in [-0.2, 0) is 23.9 Å². The van der Waals surface area contributed by atoms with Crippen molar-refractivity contribution in [3.8, 4) is 0 Å². The second-order valence-corrected chi connectivity index (χ2v) is 5.28. The van der Waals surface area contributed by atoms with Crippen molar-refractivity contribution in [3.05, 3.63) is 35.9 Å². The number of carbonyl (C=O) groups excluding carboxylic acids is 3. The van der Waals surface area contributed by atoms with Crippen molar-refractivity contribution in [2.45, 2.75) is 19.5 Å². The van der Waals surface area contributed by atoms with Crippen LogP contribution in [0, 0.1) is 0 Å². The predicted octanol–water partition coefficient (Wildman–Crippen LogP) is 0.303. The van der Waals surface area contributed by atoms with Crippen LogP contribution in [0.3, 0.4) is 0 Å². The standard InChI is InChI=1S/C17H20N4O5/c1-3-26-15(23)11-21-13(9-14(22)25-2)19-16(17(21)24)20-18-10-12-7-5-4-6-8-12/h4-8,10,13H,3,9,11H2,1-2H3,(H,19,20). The SMILES string of the molecule is CCOC(=O)CN1C(=O)C(=NN=Cc2ccccc2)NC1CC(=O)OC. The van der Waals surface area contributed by atoms with Gasteiger partial charge in [0.05, 0.1) is 26.4 Å². The minimum atomic E-state index is -0.759. The molecule has 1 aromatic carbocycles. The van der Waals surface area contributed by atoms with Gasteiger partial charge in [-0.1, -0.05) is 30.3 Å². The van der Waals surface area contributed by atoms with Crippen LogP contribution in [-0.4, -0.2) is 61.2 Å². The van der Waals surface area contributed by atoms with Gasteiger partial charge in [0.1, 0.15) is 12.7 Å². The number of esters is 2. The first kappa shape index (κ1) is 19.1. The molecule has 0 aromatic heterocycles. The fourth-order valence-electron chi connectivity index (χ4n) is 2.27. The van der Waals surface area contributed by atoms with Crippen LogP contribution in [0.4, 0.5) is 0 Å². The average molecular weight is 360 g/mol. The second-order valence-electron chi connectivity index (χ2n) is 5.28. The molecule has 1 amide bonds. The van der Waals surface area contributed by atoms with E-state index in [0.29, 0.717) is 0 Å².